The minimum atomic E-state index is -0.0866. The van der Waals surface area contributed by atoms with E-state index in [1.165, 1.54) is 25.7 Å². The molecule has 1 fully saturated rings. The molecule has 1 aromatic rings. The van der Waals surface area contributed by atoms with Crippen LogP contribution in [0.1, 0.15) is 59.2 Å². The standard InChI is InChI=1S/C15H27N5/c1-11-8-6-5-7-9-20(11)13-10-12(19-16)17-14(18-13)15(2,3)4/h10-11H,5-9,16H2,1-4H3,(H,17,18,19). The first kappa shape index (κ1) is 15.0. The van der Waals surface area contributed by atoms with Gasteiger partial charge in [0.25, 0.3) is 0 Å². The van der Waals surface area contributed by atoms with Crippen LogP contribution in [0, 0.1) is 0 Å². The van der Waals surface area contributed by atoms with Gasteiger partial charge in [-0.2, -0.15) is 0 Å². The second-order valence-corrected chi connectivity index (χ2v) is 6.72. The number of hydrazine groups is 1. The van der Waals surface area contributed by atoms with Crippen LogP contribution in [0.5, 0.6) is 0 Å². The minimum Gasteiger partial charge on any atom is -0.354 e. The van der Waals surface area contributed by atoms with Crippen molar-refractivity contribution in [3.63, 3.8) is 0 Å². The van der Waals surface area contributed by atoms with Crippen LogP contribution in [0.2, 0.25) is 0 Å². The SMILES string of the molecule is CC1CCCCCN1c1cc(NN)nc(C(C)(C)C)n1. The van der Waals surface area contributed by atoms with E-state index in [9.17, 15) is 0 Å². The highest BCUT2D eigenvalue weighted by molar-refractivity contribution is 5.50. The lowest BCUT2D eigenvalue weighted by Gasteiger charge is -2.30. The molecule has 0 amide bonds. The molecule has 3 N–H and O–H groups in total. The molecule has 2 rings (SSSR count). The summed E-state index contributed by atoms with van der Waals surface area (Å²) in [6, 6.07) is 2.47. The molecule has 0 aliphatic carbocycles. The molecular weight excluding hydrogens is 250 g/mol. The van der Waals surface area contributed by atoms with Crippen molar-refractivity contribution in [1.29, 1.82) is 0 Å². The highest BCUT2D eigenvalue weighted by Crippen LogP contribution is 2.27. The number of rotatable bonds is 2. The number of nitrogens with one attached hydrogen (secondary N) is 1. The van der Waals surface area contributed by atoms with Gasteiger partial charge in [-0.25, -0.2) is 15.8 Å². The number of nitrogen functional groups attached to an aromatic ring is 1. The van der Waals surface area contributed by atoms with Crippen LogP contribution in [0.15, 0.2) is 6.07 Å². The van der Waals surface area contributed by atoms with Gasteiger partial charge >= 0.3 is 0 Å². The summed E-state index contributed by atoms with van der Waals surface area (Å²) >= 11 is 0. The predicted molar refractivity (Wildman–Crippen MR) is 83.8 cm³/mol. The van der Waals surface area contributed by atoms with Crippen LogP contribution < -0.4 is 16.2 Å². The molecule has 1 aliphatic rings. The summed E-state index contributed by atoms with van der Waals surface area (Å²) in [4.78, 5) is 11.7. The van der Waals surface area contributed by atoms with Crippen molar-refractivity contribution in [2.45, 2.75) is 64.8 Å². The third kappa shape index (κ3) is 3.39. The molecule has 0 saturated carbocycles. The third-order valence-corrected chi connectivity index (χ3v) is 3.88. The molecule has 5 nitrogen and oxygen atoms in total. The summed E-state index contributed by atoms with van der Waals surface area (Å²) < 4.78 is 0. The minimum absolute atomic E-state index is 0.0866. The van der Waals surface area contributed by atoms with E-state index in [0.29, 0.717) is 11.9 Å². The zero-order valence-electron chi connectivity index (χ0n) is 13.1. The molecule has 20 heavy (non-hydrogen) atoms. The van der Waals surface area contributed by atoms with E-state index in [-0.39, 0.29) is 5.41 Å². The Morgan fingerprint density at radius 2 is 2.00 bits per heavy atom. The van der Waals surface area contributed by atoms with Crippen LogP contribution in [0.3, 0.4) is 0 Å². The van der Waals surface area contributed by atoms with Crippen molar-refractivity contribution < 1.29 is 0 Å². The molecule has 0 spiro atoms. The maximum absolute atomic E-state index is 5.57. The van der Waals surface area contributed by atoms with Gasteiger partial charge in [-0.15, -0.1) is 0 Å². The molecule has 0 radical (unpaired) electrons. The Kier molecular flexibility index (Phi) is 4.48. The van der Waals surface area contributed by atoms with Gasteiger partial charge < -0.3 is 10.3 Å². The van der Waals surface area contributed by atoms with E-state index < -0.39 is 0 Å². The molecule has 5 heteroatoms. The fraction of sp³-hybridized carbons (Fsp3) is 0.733. The van der Waals surface area contributed by atoms with E-state index in [4.69, 9.17) is 10.8 Å². The molecule has 1 aliphatic heterocycles. The Morgan fingerprint density at radius 3 is 2.65 bits per heavy atom. The van der Waals surface area contributed by atoms with Crippen LogP contribution in [0.25, 0.3) is 0 Å². The topological polar surface area (TPSA) is 67.1 Å². The fourth-order valence-corrected chi connectivity index (χ4v) is 2.61. The molecule has 112 valence electrons. The summed E-state index contributed by atoms with van der Waals surface area (Å²) in [6.07, 6.45) is 5.06. The summed E-state index contributed by atoms with van der Waals surface area (Å²) in [6.45, 7) is 9.71. The fourth-order valence-electron chi connectivity index (χ4n) is 2.61. The molecule has 1 aromatic heterocycles. The predicted octanol–water partition coefficient (Wildman–Crippen LogP) is 2.83. The van der Waals surface area contributed by atoms with Gasteiger partial charge in [-0.1, -0.05) is 33.6 Å². The average molecular weight is 277 g/mol. The molecule has 0 bridgehead atoms. The number of nitrogens with zero attached hydrogens (tertiary/aromatic N) is 3. The lowest BCUT2D eigenvalue weighted by Crippen LogP contribution is -2.34. The van der Waals surface area contributed by atoms with Gasteiger partial charge in [-0.3, -0.25) is 0 Å². The average Bonchev–Trinajstić information content (AvgIpc) is 2.62. The lowest BCUT2D eigenvalue weighted by molar-refractivity contribution is 0.540. The Balaban J connectivity index is 2.39. The second kappa shape index (κ2) is 5.95. The first-order valence-corrected chi connectivity index (χ1v) is 7.54. The number of nitrogens with two attached hydrogens (primary N) is 1. The Bertz CT molecular complexity index is 452. The van der Waals surface area contributed by atoms with Crippen molar-refractivity contribution in [3.05, 3.63) is 11.9 Å². The van der Waals surface area contributed by atoms with E-state index in [0.717, 1.165) is 18.2 Å². The molecule has 1 saturated heterocycles. The third-order valence-electron chi connectivity index (χ3n) is 3.88. The number of anilines is 2. The number of aromatic nitrogens is 2. The van der Waals surface area contributed by atoms with Crippen molar-refractivity contribution in [2.75, 3.05) is 16.9 Å². The van der Waals surface area contributed by atoms with E-state index >= 15 is 0 Å². The summed E-state index contributed by atoms with van der Waals surface area (Å²) in [7, 11) is 0. The monoisotopic (exact) mass is 277 g/mol. The van der Waals surface area contributed by atoms with Gasteiger partial charge in [0.15, 0.2) is 0 Å². The van der Waals surface area contributed by atoms with Crippen LogP contribution in [-0.4, -0.2) is 22.6 Å². The Morgan fingerprint density at radius 1 is 1.25 bits per heavy atom. The van der Waals surface area contributed by atoms with Gasteiger partial charge in [0.2, 0.25) is 0 Å². The largest absolute Gasteiger partial charge is 0.354 e. The summed E-state index contributed by atoms with van der Waals surface area (Å²) in [5.74, 6) is 8.08. The zero-order valence-corrected chi connectivity index (χ0v) is 13.1. The summed E-state index contributed by atoms with van der Waals surface area (Å²) in [5.41, 5.74) is 2.59. The maximum atomic E-state index is 5.57. The number of hydrogen-bond acceptors (Lipinski definition) is 5. The summed E-state index contributed by atoms with van der Waals surface area (Å²) in [5, 5.41) is 0. The zero-order chi connectivity index (χ0) is 14.8. The van der Waals surface area contributed by atoms with Crippen molar-refractivity contribution in [3.8, 4) is 0 Å². The van der Waals surface area contributed by atoms with Gasteiger partial charge in [0, 0.05) is 24.1 Å². The van der Waals surface area contributed by atoms with Gasteiger partial charge in [0.1, 0.15) is 17.5 Å². The first-order chi connectivity index (χ1) is 9.41. The van der Waals surface area contributed by atoms with Gasteiger partial charge in [-0.05, 0) is 19.8 Å². The van der Waals surface area contributed by atoms with E-state index in [1.54, 1.807) is 0 Å². The molecular formula is C15H27N5. The first-order valence-electron chi connectivity index (χ1n) is 7.54. The molecule has 1 unspecified atom stereocenters. The molecule has 1 atom stereocenters. The lowest BCUT2D eigenvalue weighted by atomic mass is 9.95. The van der Waals surface area contributed by atoms with Crippen molar-refractivity contribution in [2.24, 2.45) is 5.84 Å². The van der Waals surface area contributed by atoms with Crippen LogP contribution >= 0.6 is 0 Å². The molecule has 0 aromatic carbocycles. The second-order valence-electron chi connectivity index (χ2n) is 6.72. The highest BCUT2D eigenvalue weighted by atomic mass is 15.3. The maximum Gasteiger partial charge on any atom is 0.145 e. The quantitative estimate of drug-likeness (QED) is 0.642. The van der Waals surface area contributed by atoms with E-state index in [2.05, 4.69) is 43.0 Å². The normalized spacial score (nSPS) is 20.6. The van der Waals surface area contributed by atoms with E-state index in [1.807, 2.05) is 6.07 Å². The Labute approximate surface area is 121 Å². The van der Waals surface area contributed by atoms with Crippen LogP contribution in [-0.2, 0) is 5.41 Å². The number of hydrogen-bond donors (Lipinski definition) is 2. The van der Waals surface area contributed by atoms with Crippen LogP contribution in [0.4, 0.5) is 11.6 Å². The smallest absolute Gasteiger partial charge is 0.145 e. The van der Waals surface area contributed by atoms with Gasteiger partial charge in [0.05, 0.1) is 0 Å². The molecule has 2 heterocycles. The highest BCUT2D eigenvalue weighted by Gasteiger charge is 2.23. The van der Waals surface area contributed by atoms with Crippen molar-refractivity contribution in [1.82, 2.24) is 9.97 Å². The Hall–Kier alpha value is -1.36. The van der Waals surface area contributed by atoms with Crippen molar-refractivity contribution >= 4 is 11.6 Å².